The quantitative estimate of drug-likeness (QED) is 0.716. The van der Waals surface area contributed by atoms with E-state index in [2.05, 4.69) is 0 Å². The predicted octanol–water partition coefficient (Wildman–Crippen LogP) is 3.55. The highest BCUT2D eigenvalue weighted by molar-refractivity contribution is 5.94. The number of phenols is 1. The van der Waals surface area contributed by atoms with E-state index in [1.807, 2.05) is 0 Å². The van der Waals surface area contributed by atoms with Crippen LogP contribution < -0.4 is 0 Å². The van der Waals surface area contributed by atoms with Gasteiger partial charge in [0.1, 0.15) is 5.83 Å². The minimum absolute atomic E-state index is 0.0104. The van der Waals surface area contributed by atoms with Gasteiger partial charge in [-0.25, -0.2) is 8.78 Å². The molecule has 0 saturated heterocycles. The first-order chi connectivity index (χ1) is 7.70. The van der Waals surface area contributed by atoms with Gasteiger partial charge in [-0.1, -0.05) is 24.3 Å². The van der Waals surface area contributed by atoms with Crippen LogP contribution in [-0.2, 0) is 6.42 Å². The molecule has 0 radical (unpaired) electrons. The van der Waals surface area contributed by atoms with Gasteiger partial charge in [0.15, 0.2) is 11.6 Å². The molecule has 0 atom stereocenters. The van der Waals surface area contributed by atoms with Gasteiger partial charge in [-0.3, -0.25) is 0 Å². The third kappa shape index (κ3) is 1.03. The van der Waals surface area contributed by atoms with E-state index in [0.717, 1.165) is 0 Å². The van der Waals surface area contributed by atoms with Crippen LogP contribution in [0, 0.1) is 5.82 Å². The van der Waals surface area contributed by atoms with E-state index in [-0.39, 0.29) is 5.56 Å². The molecule has 1 aliphatic carbocycles. The maximum absolute atomic E-state index is 13.8. The van der Waals surface area contributed by atoms with Crippen LogP contribution >= 0.6 is 0 Å². The number of halogens is 2. The topological polar surface area (TPSA) is 20.2 Å². The van der Waals surface area contributed by atoms with Crippen molar-refractivity contribution in [2.24, 2.45) is 0 Å². The van der Waals surface area contributed by atoms with Gasteiger partial charge in [0, 0.05) is 5.39 Å². The number of fused-ring (bicyclic) bond motifs is 3. The summed E-state index contributed by atoms with van der Waals surface area (Å²) in [6.45, 7) is 0. The highest BCUT2D eigenvalue weighted by Crippen LogP contribution is 2.42. The van der Waals surface area contributed by atoms with Crippen molar-refractivity contribution < 1.29 is 13.9 Å². The molecule has 0 heterocycles. The fourth-order valence-corrected chi connectivity index (χ4v) is 2.22. The van der Waals surface area contributed by atoms with Gasteiger partial charge in [-0.2, -0.15) is 0 Å². The fourth-order valence-electron chi connectivity index (χ4n) is 2.22. The monoisotopic (exact) mass is 218 g/mol. The Morgan fingerprint density at radius 3 is 2.50 bits per heavy atom. The Morgan fingerprint density at radius 2 is 1.75 bits per heavy atom. The number of benzene rings is 2. The molecular weight excluding hydrogens is 210 g/mol. The summed E-state index contributed by atoms with van der Waals surface area (Å²) in [6, 6.07) is 6.79. The summed E-state index contributed by atoms with van der Waals surface area (Å²) in [6.07, 6.45) is 1.76. The molecule has 0 amide bonds. The number of aromatic hydroxyl groups is 1. The average molecular weight is 218 g/mol. The number of rotatable bonds is 0. The molecule has 80 valence electrons. The molecule has 1 nitrogen and oxygen atoms in total. The molecule has 3 rings (SSSR count). The van der Waals surface area contributed by atoms with Crippen molar-refractivity contribution >= 4 is 16.6 Å². The summed E-state index contributed by atoms with van der Waals surface area (Å²) in [5, 5.41) is 10.6. The maximum atomic E-state index is 13.8. The van der Waals surface area contributed by atoms with Crippen LogP contribution in [0.4, 0.5) is 8.78 Å². The van der Waals surface area contributed by atoms with Crippen molar-refractivity contribution in [2.75, 3.05) is 0 Å². The van der Waals surface area contributed by atoms with Crippen LogP contribution in [0.3, 0.4) is 0 Å². The first-order valence-electron chi connectivity index (χ1n) is 4.98. The number of allylic oxidation sites excluding steroid dienone is 1. The second-order valence-corrected chi connectivity index (χ2v) is 3.82. The highest BCUT2D eigenvalue weighted by Gasteiger charge is 2.24. The molecule has 0 aromatic heterocycles. The Hall–Kier alpha value is -1.90. The number of phenolic OH excluding ortho intramolecular Hbond substituents is 1. The van der Waals surface area contributed by atoms with Crippen LogP contribution in [0.5, 0.6) is 5.75 Å². The smallest absolute Gasteiger partial charge is 0.173 e. The Kier molecular flexibility index (Phi) is 1.78. The van der Waals surface area contributed by atoms with Crippen molar-refractivity contribution in [1.29, 1.82) is 0 Å². The van der Waals surface area contributed by atoms with Gasteiger partial charge in [-0.05, 0) is 23.4 Å². The summed E-state index contributed by atoms with van der Waals surface area (Å²) in [5.74, 6) is -1.88. The van der Waals surface area contributed by atoms with E-state index in [4.69, 9.17) is 0 Å². The minimum Gasteiger partial charge on any atom is -0.504 e. The maximum Gasteiger partial charge on any atom is 0.173 e. The first-order valence-corrected chi connectivity index (χ1v) is 4.98. The number of hydrogen-bond acceptors (Lipinski definition) is 1. The molecule has 2 aromatic carbocycles. The van der Waals surface area contributed by atoms with Crippen LogP contribution in [-0.4, -0.2) is 5.11 Å². The summed E-state index contributed by atoms with van der Waals surface area (Å²) in [4.78, 5) is 0. The Labute approximate surface area is 90.6 Å². The van der Waals surface area contributed by atoms with E-state index >= 15 is 0 Å². The van der Waals surface area contributed by atoms with E-state index < -0.39 is 17.4 Å². The molecule has 0 fully saturated rings. The second kappa shape index (κ2) is 3.04. The lowest BCUT2D eigenvalue weighted by Crippen LogP contribution is -1.91. The first kappa shape index (κ1) is 9.33. The van der Waals surface area contributed by atoms with E-state index in [1.165, 1.54) is 6.08 Å². The third-order valence-corrected chi connectivity index (χ3v) is 2.96. The molecule has 0 aliphatic heterocycles. The molecule has 1 N–H and O–H groups in total. The molecule has 3 heteroatoms. The van der Waals surface area contributed by atoms with Crippen LogP contribution in [0.2, 0.25) is 0 Å². The summed E-state index contributed by atoms with van der Waals surface area (Å²) in [7, 11) is 0. The summed E-state index contributed by atoms with van der Waals surface area (Å²) >= 11 is 0. The third-order valence-electron chi connectivity index (χ3n) is 2.96. The standard InChI is InChI=1S/C13H8F2O/c14-10-6-5-8-7-3-1-2-4-9(7)12(15)13(16)11(8)10/h1-4,6,16H,5H2. The zero-order valence-corrected chi connectivity index (χ0v) is 8.30. The Bertz CT molecular complexity index is 629. The lowest BCUT2D eigenvalue weighted by atomic mass is 9.98. The second-order valence-electron chi connectivity index (χ2n) is 3.82. The average Bonchev–Trinajstić information content (AvgIpc) is 2.69. The van der Waals surface area contributed by atoms with Gasteiger partial charge >= 0.3 is 0 Å². The summed E-state index contributed by atoms with van der Waals surface area (Å²) < 4.78 is 27.2. The van der Waals surface area contributed by atoms with E-state index in [9.17, 15) is 13.9 Å². The van der Waals surface area contributed by atoms with Crippen molar-refractivity contribution in [2.45, 2.75) is 6.42 Å². The molecular formula is C13H8F2O. The van der Waals surface area contributed by atoms with Crippen molar-refractivity contribution in [3.63, 3.8) is 0 Å². The molecule has 16 heavy (non-hydrogen) atoms. The fraction of sp³-hybridized carbons (Fsp3) is 0.0769. The molecule has 2 aromatic rings. The van der Waals surface area contributed by atoms with E-state index in [1.54, 1.807) is 24.3 Å². The van der Waals surface area contributed by atoms with Crippen LogP contribution in [0.15, 0.2) is 30.3 Å². The van der Waals surface area contributed by atoms with Crippen LogP contribution in [0.25, 0.3) is 16.6 Å². The van der Waals surface area contributed by atoms with Gasteiger partial charge in [0.2, 0.25) is 0 Å². The van der Waals surface area contributed by atoms with Crippen molar-refractivity contribution in [1.82, 2.24) is 0 Å². The molecule has 1 aliphatic rings. The normalized spacial score (nSPS) is 14.0. The SMILES string of the molecule is Oc1c2c(c3ccccc3c1F)CC=C2F. The molecule has 0 bridgehead atoms. The molecule has 0 unspecified atom stereocenters. The predicted molar refractivity (Wildman–Crippen MR) is 58.4 cm³/mol. The highest BCUT2D eigenvalue weighted by atomic mass is 19.1. The lowest BCUT2D eigenvalue weighted by Gasteiger charge is -2.09. The van der Waals surface area contributed by atoms with Crippen molar-refractivity contribution in [3.05, 3.63) is 47.3 Å². The lowest BCUT2D eigenvalue weighted by molar-refractivity contribution is 0.433. The zero-order valence-electron chi connectivity index (χ0n) is 8.30. The molecule has 0 spiro atoms. The zero-order chi connectivity index (χ0) is 11.3. The van der Waals surface area contributed by atoms with Gasteiger partial charge < -0.3 is 5.11 Å². The van der Waals surface area contributed by atoms with Crippen LogP contribution in [0.1, 0.15) is 11.1 Å². The summed E-state index contributed by atoms with van der Waals surface area (Å²) in [5.41, 5.74) is 0.670. The minimum atomic E-state index is -0.750. The van der Waals surface area contributed by atoms with Crippen molar-refractivity contribution in [3.8, 4) is 5.75 Å². The van der Waals surface area contributed by atoms with E-state index in [0.29, 0.717) is 22.8 Å². The van der Waals surface area contributed by atoms with Gasteiger partial charge in [0.25, 0.3) is 0 Å². The number of hydrogen-bond donors (Lipinski definition) is 1. The molecule has 0 saturated carbocycles. The Morgan fingerprint density at radius 1 is 1.06 bits per heavy atom. The Balaban J connectivity index is 2.53. The van der Waals surface area contributed by atoms with Gasteiger partial charge in [-0.15, -0.1) is 0 Å². The largest absolute Gasteiger partial charge is 0.504 e. The van der Waals surface area contributed by atoms with Gasteiger partial charge in [0.05, 0.1) is 5.56 Å².